The van der Waals surface area contributed by atoms with Gasteiger partial charge >= 0.3 is 0 Å². The summed E-state index contributed by atoms with van der Waals surface area (Å²) in [6, 6.07) is 57.3. The van der Waals surface area contributed by atoms with Crippen molar-refractivity contribution in [1.29, 1.82) is 0 Å². The van der Waals surface area contributed by atoms with E-state index in [4.69, 9.17) is 5.73 Å². The Morgan fingerprint density at radius 1 is 0.444 bits per heavy atom. The Hall–Kier alpha value is -5.18. The molecule has 7 aromatic rings. The number of benzene rings is 7. The molecule has 224 valence electrons. The van der Waals surface area contributed by atoms with Crippen LogP contribution in [0.2, 0.25) is 0 Å². The van der Waals surface area contributed by atoms with Crippen molar-refractivity contribution in [3.05, 3.63) is 186 Å². The van der Waals surface area contributed by atoms with Gasteiger partial charge in [0, 0.05) is 22.1 Å². The van der Waals surface area contributed by atoms with Crippen LogP contribution < -0.4 is 10.6 Å². The van der Waals surface area contributed by atoms with Gasteiger partial charge in [-0.1, -0.05) is 145 Å². The molecule has 0 amide bonds. The number of anilines is 3. The Bertz CT molecular complexity index is 1840. The molecule has 2 nitrogen and oxygen atoms in total. The van der Waals surface area contributed by atoms with E-state index in [0.29, 0.717) is 6.54 Å². The maximum atomic E-state index is 5.89. The van der Waals surface area contributed by atoms with Crippen LogP contribution in [0.3, 0.4) is 0 Å². The molecule has 0 saturated heterocycles. The first-order valence-corrected chi connectivity index (χ1v) is 15.6. The lowest BCUT2D eigenvalue weighted by Gasteiger charge is -2.29. The summed E-state index contributed by atoms with van der Waals surface area (Å²) in [5.41, 5.74) is 14.6. The Labute approximate surface area is 268 Å². The van der Waals surface area contributed by atoms with Gasteiger partial charge in [-0.2, -0.15) is 0 Å². The van der Waals surface area contributed by atoms with Gasteiger partial charge in [0.25, 0.3) is 0 Å². The molecule has 0 aliphatic rings. The smallest absolute Gasteiger partial charge is 0.0618 e. The summed E-state index contributed by atoms with van der Waals surface area (Å²) < 4.78 is 0. The average Bonchev–Trinajstić information content (AvgIpc) is 3.09. The first kappa shape index (κ1) is 31.3. The van der Waals surface area contributed by atoms with Crippen LogP contribution in [-0.2, 0) is 6.42 Å². The lowest BCUT2D eigenvalue weighted by Crippen LogP contribution is -2.11. The Kier molecular flexibility index (Phi) is 10.8. The number of para-hydroxylation sites is 2. The molecule has 0 radical (unpaired) electrons. The topological polar surface area (TPSA) is 29.3 Å². The summed E-state index contributed by atoms with van der Waals surface area (Å²) in [5.74, 6) is 0. The normalized spacial score (nSPS) is 10.4. The summed E-state index contributed by atoms with van der Waals surface area (Å²) in [6.07, 6.45) is 0.873. The van der Waals surface area contributed by atoms with Gasteiger partial charge in [0.2, 0.25) is 0 Å². The summed E-state index contributed by atoms with van der Waals surface area (Å²) >= 11 is 0. The predicted molar refractivity (Wildman–Crippen MR) is 196 cm³/mol. The molecule has 0 fully saturated rings. The maximum Gasteiger partial charge on any atom is 0.0618 e. The zero-order valence-corrected chi connectivity index (χ0v) is 26.5. The lowest BCUT2D eigenvalue weighted by molar-refractivity contribution is 0.971. The monoisotopic (exact) mass is 586 g/mol. The first-order chi connectivity index (χ1) is 22.1. The number of nitrogens with two attached hydrogens (primary N) is 1. The summed E-state index contributed by atoms with van der Waals surface area (Å²) in [4.78, 5) is 2.39. The number of rotatable bonds is 5. The summed E-state index contributed by atoms with van der Waals surface area (Å²) in [6.45, 7) is 7.04. The molecule has 0 bridgehead atoms. The van der Waals surface area contributed by atoms with E-state index < -0.39 is 0 Å². The standard InChI is InChI=1S/C29H26N2.2C7H8/c1-21-25-14-8-9-15-27(25)29(28-20-22(18-19-30)16-17-26(21)28)31(23-10-4-2-5-11-23)24-12-6-3-7-13-24;2*1-7-5-3-2-4-6-7/h2-17,20H,18-19,30H2,1H3;2*2-6H,1H3. The van der Waals surface area contributed by atoms with E-state index in [2.05, 4.69) is 153 Å². The minimum absolute atomic E-state index is 0.647. The third kappa shape index (κ3) is 7.86. The molecule has 0 aliphatic heterocycles. The van der Waals surface area contributed by atoms with E-state index in [1.807, 2.05) is 36.4 Å². The predicted octanol–water partition coefficient (Wildman–Crippen LogP) is 11.3. The molecule has 0 aromatic heterocycles. The molecule has 0 saturated carbocycles. The van der Waals surface area contributed by atoms with Gasteiger partial charge in [0.1, 0.15) is 0 Å². The van der Waals surface area contributed by atoms with E-state index >= 15 is 0 Å². The summed E-state index contributed by atoms with van der Waals surface area (Å²) in [5, 5.41) is 5.08. The van der Waals surface area contributed by atoms with Crippen molar-refractivity contribution < 1.29 is 0 Å². The molecular weight excluding hydrogens is 544 g/mol. The Morgan fingerprint density at radius 3 is 1.31 bits per heavy atom. The summed E-state index contributed by atoms with van der Waals surface area (Å²) in [7, 11) is 0. The van der Waals surface area contributed by atoms with Crippen LogP contribution in [-0.4, -0.2) is 6.54 Å². The second-order valence-corrected chi connectivity index (χ2v) is 11.3. The largest absolute Gasteiger partial charge is 0.330 e. The van der Waals surface area contributed by atoms with Gasteiger partial charge in [-0.25, -0.2) is 0 Å². The fourth-order valence-electron chi connectivity index (χ4n) is 5.61. The highest BCUT2D eigenvalue weighted by molar-refractivity contribution is 6.16. The van der Waals surface area contributed by atoms with Crippen molar-refractivity contribution in [3.8, 4) is 0 Å². The fraction of sp³-hybridized carbons (Fsp3) is 0.116. The van der Waals surface area contributed by atoms with Crippen LogP contribution in [0.15, 0.2) is 164 Å². The van der Waals surface area contributed by atoms with Crippen molar-refractivity contribution in [2.75, 3.05) is 11.4 Å². The SMILES string of the molecule is Cc1c2ccccc2c(N(c2ccccc2)c2ccccc2)c2cc(CCN)ccc12.Cc1ccccc1.Cc1ccccc1. The highest BCUT2D eigenvalue weighted by Crippen LogP contribution is 2.45. The number of hydrogen-bond acceptors (Lipinski definition) is 2. The number of nitrogens with zero attached hydrogens (tertiary/aromatic N) is 1. The zero-order valence-electron chi connectivity index (χ0n) is 26.5. The van der Waals surface area contributed by atoms with Gasteiger partial charge in [-0.15, -0.1) is 0 Å². The molecule has 45 heavy (non-hydrogen) atoms. The molecule has 0 aliphatic carbocycles. The maximum absolute atomic E-state index is 5.89. The molecule has 0 spiro atoms. The highest BCUT2D eigenvalue weighted by Gasteiger charge is 2.20. The van der Waals surface area contributed by atoms with E-state index in [1.54, 1.807) is 0 Å². The van der Waals surface area contributed by atoms with Gasteiger partial charge < -0.3 is 10.6 Å². The van der Waals surface area contributed by atoms with Crippen LogP contribution >= 0.6 is 0 Å². The lowest BCUT2D eigenvalue weighted by atomic mass is 9.92. The molecule has 0 heterocycles. The van der Waals surface area contributed by atoms with Gasteiger partial charge in [0.15, 0.2) is 0 Å². The third-order valence-electron chi connectivity index (χ3n) is 7.90. The second-order valence-electron chi connectivity index (χ2n) is 11.3. The molecule has 7 rings (SSSR count). The molecule has 7 aromatic carbocycles. The van der Waals surface area contributed by atoms with Gasteiger partial charge in [0.05, 0.1) is 5.69 Å². The Morgan fingerprint density at radius 2 is 0.867 bits per heavy atom. The van der Waals surface area contributed by atoms with E-state index in [0.717, 1.165) is 17.8 Å². The second kappa shape index (κ2) is 15.5. The third-order valence-corrected chi connectivity index (χ3v) is 7.90. The number of fused-ring (bicyclic) bond motifs is 2. The van der Waals surface area contributed by atoms with E-state index in [-0.39, 0.29) is 0 Å². The average molecular weight is 587 g/mol. The zero-order chi connectivity index (χ0) is 31.4. The van der Waals surface area contributed by atoms with Gasteiger partial charge in [-0.05, 0) is 86.0 Å². The highest BCUT2D eigenvalue weighted by atomic mass is 15.1. The Balaban J connectivity index is 0.000000234. The van der Waals surface area contributed by atoms with Crippen LogP contribution in [0, 0.1) is 20.8 Å². The number of aryl methyl sites for hydroxylation is 3. The van der Waals surface area contributed by atoms with Crippen LogP contribution in [0.1, 0.15) is 22.3 Å². The molecule has 2 heteroatoms. The van der Waals surface area contributed by atoms with Crippen LogP contribution in [0.25, 0.3) is 21.5 Å². The van der Waals surface area contributed by atoms with Crippen LogP contribution in [0.4, 0.5) is 17.1 Å². The number of hydrogen-bond donors (Lipinski definition) is 1. The van der Waals surface area contributed by atoms with Crippen molar-refractivity contribution in [2.45, 2.75) is 27.2 Å². The minimum Gasteiger partial charge on any atom is -0.330 e. The van der Waals surface area contributed by atoms with Gasteiger partial charge in [-0.3, -0.25) is 0 Å². The molecule has 0 unspecified atom stereocenters. The first-order valence-electron chi connectivity index (χ1n) is 15.6. The van der Waals surface area contributed by atoms with Crippen molar-refractivity contribution in [1.82, 2.24) is 0 Å². The molecular formula is C43H42N2. The minimum atomic E-state index is 0.647. The van der Waals surface area contributed by atoms with Crippen LogP contribution in [0.5, 0.6) is 0 Å². The van der Waals surface area contributed by atoms with E-state index in [9.17, 15) is 0 Å². The van der Waals surface area contributed by atoms with Crippen molar-refractivity contribution in [2.24, 2.45) is 5.73 Å². The van der Waals surface area contributed by atoms with E-state index in [1.165, 1.54) is 49.5 Å². The van der Waals surface area contributed by atoms with Crippen molar-refractivity contribution >= 4 is 38.6 Å². The fourth-order valence-corrected chi connectivity index (χ4v) is 5.61. The molecule has 0 atom stereocenters. The quantitative estimate of drug-likeness (QED) is 0.203. The molecule has 2 N–H and O–H groups in total. The van der Waals surface area contributed by atoms with Crippen molar-refractivity contribution in [3.63, 3.8) is 0 Å².